The van der Waals surface area contributed by atoms with Gasteiger partial charge in [0.15, 0.2) is 0 Å². The van der Waals surface area contributed by atoms with Gasteiger partial charge in [-0.15, -0.1) is 0 Å². The van der Waals surface area contributed by atoms with Crippen molar-refractivity contribution >= 4 is 17.6 Å². The molecule has 0 atom stereocenters. The molecule has 0 saturated carbocycles. The number of nitrogens with zero attached hydrogens (tertiary/aromatic N) is 1. The number of esters is 1. The van der Waals surface area contributed by atoms with Crippen molar-refractivity contribution in [2.45, 2.75) is 32.2 Å². The molecule has 0 radical (unpaired) electrons. The maximum atomic E-state index is 11.4. The van der Waals surface area contributed by atoms with Gasteiger partial charge in [-0.2, -0.15) is 0 Å². The smallest absolute Gasteiger partial charge is 0.356 e. The standard InChI is InChI=1S/C13H18N2O4/c1-13(2,6-4-11(16)17)15-9-5-7-14-10(8-9)12(18)19-3/h5,7-8H,4,6H2,1-3H3,(H,14,15)(H,16,17). The molecule has 0 saturated heterocycles. The Kier molecular flexibility index (Phi) is 4.86. The minimum Gasteiger partial charge on any atom is -0.481 e. The van der Waals surface area contributed by atoms with Crippen LogP contribution in [0.15, 0.2) is 18.3 Å². The average molecular weight is 266 g/mol. The molecule has 0 spiro atoms. The summed E-state index contributed by atoms with van der Waals surface area (Å²) in [6.07, 6.45) is 2.05. The molecule has 0 aliphatic carbocycles. The van der Waals surface area contributed by atoms with Crippen molar-refractivity contribution in [2.75, 3.05) is 12.4 Å². The van der Waals surface area contributed by atoms with Crippen LogP contribution in [-0.4, -0.2) is 34.7 Å². The van der Waals surface area contributed by atoms with Crippen molar-refractivity contribution in [3.05, 3.63) is 24.0 Å². The maximum absolute atomic E-state index is 11.4. The van der Waals surface area contributed by atoms with Crippen molar-refractivity contribution < 1.29 is 19.4 Å². The predicted molar refractivity (Wildman–Crippen MR) is 70.1 cm³/mol. The van der Waals surface area contributed by atoms with Crippen LogP contribution in [0.1, 0.15) is 37.2 Å². The number of nitrogens with one attached hydrogen (secondary N) is 1. The second-order valence-corrected chi connectivity index (χ2v) is 4.82. The Labute approximate surface area is 111 Å². The highest BCUT2D eigenvalue weighted by atomic mass is 16.5. The average Bonchev–Trinajstić information content (AvgIpc) is 2.35. The van der Waals surface area contributed by atoms with Crippen molar-refractivity contribution in [3.8, 4) is 0 Å². The van der Waals surface area contributed by atoms with Gasteiger partial charge >= 0.3 is 11.9 Å². The quantitative estimate of drug-likeness (QED) is 0.765. The van der Waals surface area contributed by atoms with Gasteiger partial charge in [0.2, 0.25) is 0 Å². The third kappa shape index (κ3) is 4.95. The number of methoxy groups -OCH3 is 1. The van der Waals surface area contributed by atoms with E-state index in [9.17, 15) is 9.59 Å². The predicted octanol–water partition coefficient (Wildman–Crippen LogP) is 1.92. The zero-order valence-electron chi connectivity index (χ0n) is 11.3. The number of hydrogen-bond donors (Lipinski definition) is 2. The Hall–Kier alpha value is -2.11. The molecule has 2 N–H and O–H groups in total. The second kappa shape index (κ2) is 6.17. The first-order valence-corrected chi connectivity index (χ1v) is 5.88. The molecule has 0 aliphatic heterocycles. The molecule has 1 heterocycles. The zero-order valence-corrected chi connectivity index (χ0v) is 11.3. The number of carboxylic acid groups (broad SMARTS) is 1. The van der Waals surface area contributed by atoms with Gasteiger partial charge in [0.05, 0.1) is 7.11 Å². The van der Waals surface area contributed by atoms with Gasteiger partial charge in [-0.25, -0.2) is 9.78 Å². The van der Waals surface area contributed by atoms with Gasteiger partial charge < -0.3 is 15.2 Å². The summed E-state index contributed by atoms with van der Waals surface area (Å²) in [6.45, 7) is 3.79. The van der Waals surface area contributed by atoms with Crippen LogP contribution >= 0.6 is 0 Å². The van der Waals surface area contributed by atoms with E-state index in [1.807, 2.05) is 13.8 Å². The van der Waals surface area contributed by atoms with Crippen LogP contribution in [0.25, 0.3) is 0 Å². The van der Waals surface area contributed by atoms with E-state index < -0.39 is 17.5 Å². The van der Waals surface area contributed by atoms with E-state index in [1.54, 1.807) is 12.1 Å². The third-order valence-electron chi connectivity index (χ3n) is 2.60. The summed E-state index contributed by atoms with van der Waals surface area (Å²) in [4.78, 5) is 25.8. The lowest BCUT2D eigenvalue weighted by Gasteiger charge is -2.27. The van der Waals surface area contributed by atoms with Crippen LogP contribution < -0.4 is 5.32 Å². The highest BCUT2D eigenvalue weighted by Gasteiger charge is 2.19. The Bertz CT molecular complexity index is 471. The van der Waals surface area contributed by atoms with Crippen LogP contribution in [0, 0.1) is 0 Å². The number of pyridine rings is 1. The van der Waals surface area contributed by atoms with Crippen molar-refractivity contribution in [1.29, 1.82) is 0 Å². The van der Waals surface area contributed by atoms with Crippen molar-refractivity contribution in [3.63, 3.8) is 0 Å². The van der Waals surface area contributed by atoms with Crippen molar-refractivity contribution in [2.24, 2.45) is 0 Å². The number of carbonyl (C=O) groups excluding carboxylic acids is 1. The second-order valence-electron chi connectivity index (χ2n) is 4.82. The SMILES string of the molecule is COC(=O)c1cc(NC(C)(C)CCC(=O)O)ccn1. The third-order valence-corrected chi connectivity index (χ3v) is 2.60. The fourth-order valence-electron chi connectivity index (χ4n) is 1.60. The summed E-state index contributed by atoms with van der Waals surface area (Å²) in [7, 11) is 1.29. The molecule has 0 aromatic carbocycles. The zero-order chi connectivity index (χ0) is 14.5. The molecule has 1 aromatic rings. The first-order chi connectivity index (χ1) is 8.84. The van der Waals surface area contributed by atoms with Crippen LogP contribution in [0.2, 0.25) is 0 Å². The molecule has 6 heteroatoms. The number of carboxylic acids is 1. The molecule has 1 aromatic heterocycles. The fraction of sp³-hybridized carbons (Fsp3) is 0.462. The summed E-state index contributed by atoms with van der Waals surface area (Å²) >= 11 is 0. The number of ether oxygens (including phenoxy) is 1. The summed E-state index contributed by atoms with van der Waals surface area (Å²) in [5.41, 5.74) is 0.514. The van der Waals surface area contributed by atoms with Gasteiger partial charge in [0, 0.05) is 23.8 Å². The first kappa shape index (κ1) is 14.9. The van der Waals surface area contributed by atoms with Gasteiger partial charge in [0.1, 0.15) is 5.69 Å². The molecule has 0 unspecified atom stereocenters. The highest BCUT2D eigenvalue weighted by molar-refractivity contribution is 5.88. The lowest BCUT2D eigenvalue weighted by Crippen LogP contribution is -2.31. The van der Waals surface area contributed by atoms with Gasteiger partial charge in [-0.3, -0.25) is 4.79 Å². The van der Waals surface area contributed by atoms with Crippen LogP contribution in [0.5, 0.6) is 0 Å². The highest BCUT2D eigenvalue weighted by Crippen LogP contribution is 2.20. The van der Waals surface area contributed by atoms with Crippen LogP contribution in [0.3, 0.4) is 0 Å². The molecule has 19 heavy (non-hydrogen) atoms. The van der Waals surface area contributed by atoms with Crippen LogP contribution in [0.4, 0.5) is 5.69 Å². The lowest BCUT2D eigenvalue weighted by molar-refractivity contribution is -0.137. The fourth-order valence-corrected chi connectivity index (χ4v) is 1.60. The Morgan fingerprint density at radius 1 is 1.47 bits per heavy atom. The Morgan fingerprint density at radius 3 is 2.74 bits per heavy atom. The molecular formula is C13H18N2O4. The molecule has 0 bridgehead atoms. The van der Waals surface area contributed by atoms with E-state index in [2.05, 4.69) is 15.0 Å². The van der Waals surface area contributed by atoms with E-state index >= 15 is 0 Å². The van der Waals surface area contributed by atoms with Crippen LogP contribution in [-0.2, 0) is 9.53 Å². The normalized spacial score (nSPS) is 10.9. The molecule has 6 nitrogen and oxygen atoms in total. The number of aromatic nitrogens is 1. The van der Waals surface area contributed by atoms with Gasteiger partial charge in [0.25, 0.3) is 0 Å². The molecule has 0 aliphatic rings. The topological polar surface area (TPSA) is 88.5 Å². The first-order valence-electron chi connectivity index (χ1n) is 5.88. The molecule has 1 rings (SSSR count). The van der Waals surface area contributed by atoms with Crippen molar-refractivity contribution in [1.82, 2.24) is 4.98 Å². The monoisotopic (exact) mass is 266 g/mol. The number of aliphatic carboxylic acids is 1. The van der Waals surface area contributed by atoms with Gasteiger partial charge in [-0.1, -0.05) is 0 Å². The largest absolute Gasteiger partial charge is 0.481 e. The molecular weight excluding hydrogens is 248 g/mol. The van der Waals surface area contributed by atoms with E-state index in [0.29, 0.717) is 12.1 Å². The summed E-state index contributed by atoms with van der Waals surface area (Å²) < 4.78 is 4.59. The summed E-state index contributed by atoms with van der Waals surface area (Å²) in [5.74, 6) is -1.34. The van der Waals surface area contributed by atoms with E-state index in [-0.39, 0.29) is 12.1 Å². The Balaban J connectivity index is 2.75. The van der Waals surface area contributed by atoms with E-state index in [4.69, 9.17) is 5.11 Å². The number of rotatable bonds is 6. The van der Waals surface area contributed by atoms with E-state index in [1.165, 1.54) is 13.3 Å². The molecule has 0 amide bonds. The maximum Gasteiger partial charge on any atom is 0.356 e. The number of anilines is 1. The summed E-state index contributed by atoms with van der Waals surface area (Å²) in [6, 6.07) is 3.29. The van der Waals surface area contributed by atoms with E-state index in [0.717, 1.165) is 0 Å². The number of hydrogen-bond acceptors (Lipinski definition) is 5. The molecule has 104 valence electrons. The Morgan fingerprint density at radius 2 is 2.16 bits per heavy atom. The summed E-state index contributed by atoms with van der Waals surface area (Å²) in [5, 5.41) is 11.9. The van der Waals surface area contributed by atoms with Gasteiger partial charge in [-0.05, 0) is 32.4 Å². The molecule has 0 fully saturated rings. The lowest BCUT2D eigenvalue weighted by atomic mass is 9.98. The minimum atomic E-state index is -0.833. The minimum absolute atomic E-state index is 0.0783. The number of carbonyl (C=O) groups is 2.